The van der Waals surface area contributed by atoms with E-state index >= 15 is 0 Å². The third-order valence-electron chi connectivity index (χ3n) is 3.14. The van der Waals surface area contributed by atoms with Gasteiger partial charge in [0.2, 0.25) is 0 Å². The molecule has 0 radical (unpaired) electrons. The van der Waals surface area contributed by atoms with Crippen molar-refractivity contribution in [1.29, 1.82) is 0 Å². The summed E-state index contributed by atoms with van der Waals surface area (Å²) < 4.78 is 5.36. The topological polar surface area (TPSA) is 9.23 Å². The van der Waals surface area contributed by atoms with Gasteiger partial charge in [-0.3, -0.25) is 0 Å². The SMILES string of the molecule is COc1ccc(Cl)cc1CC(C(C)C)C(C)Cl. The highest BCUT2D eigenvalue weighted by Gasteiger charge is 2.21. The molecular formula is C14H20Cl2O. The van der Waals surface area contributed by atoms with Gasteiger partial charge in [-0.05, 0) is 48.9 Å². The molecular weight excluding hydrogens is 255 g/mol. The minimum absolute atomic E-state index is 0.138. The molecule has 2 atom stereocenters. The van der Waals surface area contributed by atoms with Crippen LogP contribution in [0.3, 0.4) is 0 Å². The van der Waals surface area contributed by atoms with Gasteiger partial charge in [0.25, 0.3) is 0 Å². The zero-order chi connectivity index (χ0) is 13.0. The minimum Gasteiger partial charge on any atom is -0.496 e. The Morgan fingerprint density at radius 1 is 1.24 bits per heavy atom. The van der Waals surface area contributed by atoms with E-state index in [1.54, 1.807) is 7.11 Å². The molecule has 0 N–H and O–H groups in total. The molecule has 1 aromatic rings. The summed E-state index contributed by atoms with van der Waals surface area (Å²) in [5.74, 6) is 1.84. The molecule has 0 aliphatic carbocycles. The van der Waals surface area contributed by atoms with Crippen LogP contribution >= 0.6 is 23.2 Å². The Morgan fingerprint density at radius 2 is 1.88 bits per heavy atom. The van der Waals surface area contributed by atoms with Crippen LogP contribution in [-0.4, -0.2) is 12.5 Å². The fourth-order valence-electron chi connectivity index (χ4n) is 2.09. The van der Waals surface area contributed by atoms with E-state index in [0.717, 1.165) is 22.8 Å². The molecule has 1 nitrogen and oxygen atoms in total. The number of benzene rings is 1. The number of methoxy groups -OCH3 is 1. The highest BCUT2D eigenvalue weighted by Crippen LogP contribution is 2.30. The fourth-order valence-corrected chi connectivity index (χ4v) is 2.66. The van der Waals surface area contributed by atoms with E-state index in [0.29, 0.717) is 11.8 Å². The molecule has 0 heterocycles. The van der Waals surface area contributed by atoms with Crippen LogP contribution in [-0.2, 0) is 6.42 Å². The minimum atomic E-state index is 0.138. The maximum absolute atomic E-state index is 6.25. The van der Waals surface area contributed by atoms with Crippen molar-refractivity contribution in [3.63, 3.8) is 0 Å². The van der Waals surface area contributed by atoms with Crippen molar-refractivity contribution in [2.45, 2.75) is 32.6 Å². The van der Waals surface area contributed by atoms with Gasteiger partial charge in [-0.25, -0.2) is 0 Å². The summed E-state index contributed by atoms with van der Waals surface area (Å²) in [6.45, 7) is 6.43. The van der Waals surface area contributed by atoms with Crippen LogP contribution in [0.2, 0.25) is 5.02 Å². The maximum atomic E-state index is 6.25. The van der Waals surface area contributed by atoms with Gasteiger partial charge in [-0.2, -0.15) is 0 Å². The molecule has 0 amide bonds. The normalized spacial score (nSPS) is 14.8. The van der Waals surface area contributed by atoms with Crippen LogP contribution < -0.4 is 4.74 Å². The average molecular weight is 275 g/mol. The van der Waals surface area contributed by atoms with E-state index in [1.165, 1.54) is 0 Å². The Kier molecular flexibility index (Phi) is 5.61. The first-order chi connectivity index (χ1) is 7.95. The third kappa shape index (κ3) is 4.08. The van der Waals surface area contributed by atoms with Crippen molar-refractivity contribution in [2.75, 3.05) is 7.11 Å². The smallest absolute Gasteiger partial charge is 0.122 e. The summed E-state index contributed by atoms with van der Waals surface area (Å²) >= 11 is 12.3. The van der Waals surface area contributed by atoms with Crippen molar-refractivity contribution in [3.05, 3.63) is 28.8 Å². The Labute approximate surface area is 114 Å². The molecule has 0 saturated carbocycles. The number of alkyl halides is 1. The van der Waals surface area contributed by atoms with Gasteiger partial charge in [-0.1, -0.05) is 25.4 Å². The molecule has 0 aliphatic heterocycles. The fraction of sp³-hybridized carbons (Fsp3) is 0.571. The van der Waals surface area contributed by atoms with E-state index in [-0.39, 0.29) is 5.38 Å². The lowest BCUT2D eigenvalue weighted by Gasteiger charge is -2.24. The average Bonchev–Trinajstić information content (AvgIpc) is 2.25. The molecule has 0 bridgehead atoms. The maximum Gasteiger partial charge on any atom is 0.122 e. The number of halogens is 2. The van der Waals surface area contributed by atoms with Crippen molar-refractivity contribution in [2.24, 2.45) is 11.8 Å². The van der Waals surface area contributed by atoms with Crippen LogP contribution in [0.15, 0.2) is 18.2 Å². The van der Waals surface area contributed by atoms with E-state index in [4.69, 9.17) is 27.9 Å². The summed E-state index contributed by atoms with van der Waals surface area (Å²) in [5.41, 5.74) is 1.13. The first-order valence-electron chi connectivity index (χ1n) is 5.92. The summed E-state index contributed by atoms with van der Waals surface area (Å²) in [6.07, 6.45) is 0.895. The first kappa shape index (κ1) is 14.7. The number of ether oxygens (including phenoxy) is 1. The zero-order valence-electron chi connectivity index (χ0n) is 10.8. The molecule has 0 spiro atoms. The van der Waals surface area contributed by atoms with Crippen LogP contribution in [0.4, 0.5) is 0 Å². The van der Waals surface area contributed by atoms with E-state index in [2.05, 4.69) is 13.8 Å². The number of rotatable bonds is 5. The van der Waals surface area contributed by atoms with E-state index in [9.17, 15) is 0 Å². The Bertz CT molecular complexity index is 353. The molecule has 0 fully saturated rings. The predicted octanol–water partition coefficient (Wildman–Crippen LogP) is 4.79. The van der Waals surface area contributed by atoms with Crippen LogP contribution in [0.25, 0.3) is 0 Å². The van der Waals surface area contributed by atoms with Gasteiger partial charge in [-0.15, -0.1) is 11.6 Å². The Balaban J connectivity index is 2.95. The molecule has 1 aromatic carbocycles. The van der Waals surface area contributed by atoms with Crippen molar-refractivity contribution < 1.29 is 4.74 Å². The van der Waals surface area contributed by atoms with E-state index < -0.39 is 0 Å². The highest BCUT2D eigenvalue weighted by atomic mass is 35.5. The van der Waals surface area contributed by atoms with Gasteiger partial charge in [0.05, 0.1) is 7.11 Å². The van der Waals surface area contributed by atoms with Crippen LogP contribution in [0, 0.1) is 11.8 Å². The number of hydrogen-bond donors (Lipinski definition) is 0. The molecule has 96 valence electrons. The standard InChI is InChI=1S/C14H20Cl2O/c1-9(2)13(10(3)15)8-11-7-12(16)5-6-14(11)17-4/h5-7,9-10,13H,8H2,1-4H3. The summed E-state index contributed by atoms with van der Waals surface area (Å²) in [5, 5.41) is 0.879. The van der Waals surface area contributed by atoms with Gasteiger partial charge >= 0.3 is 0 Å². The van der Waals surface area contributed by atoms with Crippen LogP contribution in [0.1, 0.15) is 26.3 Å². The summed E-state index contributed by atoms with van der Waals surface area (Å²) in [7, 11) is 1.68. The lowest BCUT2D eigenvalue weighted by atomic mass is 9.86. The molecule has 0 saturated heterocycles. The van der Waals surface area contributed by atoms with Gasteiger partial charge < -0.3 is 4.74 Å². The van der Waals surface area contributed by atoms with Gasteiger partial charge in [0, 0.05) is 10.4 Å². The second-order valence-electron chi connectivity index (χ2n) is 4.75. The Hall–Kier alpha value is -0.400. The highest BCUT2D eigenvalue weighted by molar-refractivity contribution is 6.30. The van der Waals surface area contributed by atoms with Crippen molar-refractivity contribution >= 4 is 23.2 Å². The first-order valence-corrected chi connectivity index (χ1v) is 6.73. The monoisotopic (exact) mass is 274 g/mol. The second-order valence-corrected chi connectivity index (χ2v) is 5.87. The molecule has 1 rings (SSSR count). The lowest BCUT2D eigenvalue weighted by molar-refractivity contribution is 0.362. The third-order valence-corrected chi connectivity index (χ3v) is 3.70. The van der Waals surface area contributed by atoms with Crippen molar-refractivity contribution in [3.8, 4) is 5.75 Å². The largest absolute Gasteiger partial charge is 0.496 e. The van der Waals surface area contributed by atoms with Gasteiger partial charge in [0.15, 0.2) is 0 Å². The predicted molar refractivity (Wildman–Crippen MR) is 75.4 cm³/mol. The zero-order valence-corrected chi connectivity index (χ0v) is 12.3. The van der Waals surface area contributed by atoms with Crippen LogP contribution in [0.5, 0.6) is 5.75 Å². The summed E-state index contributed by atoms with van der Waals surface area (Å²) in [4.78, 5) is 0. The molecule has 0 aromatic heterocycles. The Morgan fingerprint density at radius 3 is 2.35 bits per heavy atom. The second kappa shape index (κ2) is 6.51. The quantitative estimate of drug-likeness (QED) is 0.702. The molecule has 2 unspecified atom stereocenters. The van der Waals surface area contributed by atoms with Gasteiger partial charge in [0.1, 0.15) is 5.75 Å². The van der Waals surface area contributed by atoms with E-state index in [1.807, 2.05) is 25.1 Å². The molecule has 3 heteroatoms. The lowest BCUT2D eigenvalue weighted by Crippen LogP contribution is -2.21. The number of hydrogen-bond acceptors (Lipinski definition) is 1. The summed E-state index contributed by atoms with van der Waals surface area (Å²) in [6, 6.07) is 5.72. The molecule has 17 heavy (non-hydrogen) atoms. The molecule has 0 aliphatic rings. The van der Waals surface area contributed by atoms with Crippen molar-refractivity contribution in [1.82, 2.24) is 0 Å².